The van der Waals surface area contributed by atoms with Gasteiger partial charge in [-0.1, -0.05) is 0 Å². The van der Waals surface area contributed by atoms with Crippen molar-refractivity contribution in [1.82, 2.24) is 24.8 Å². The van der Waals surface area contributed by atoms with E-state index in [0.717, 1.165) is 72.4 Å². The molecule has 1 amide bonds. The van der Waals surface area contributed by atoms with Crippen molar-refractivity contribution >= 4 is 40.3 Å². The molecule has 222 valence electrons. The van der Waals surface area contributed by atoms with Crippen LogP contribution in [0.3, 0.4) is 0 Å². The maximum absolute atomic E-state index is 12.2. The summed E-state index contributed by atoms with van der Waals surface area (Å²) in [5.74, 6) is -0.103. The molecule has 11 heteroatoms. The number of carboxylic acid groups (broad SMARTS) is 1. The first kappa shape index (κ1) is 30.1. The second kappa shape index (κ2) is 13.2. The number of carbonyl (C=O) groups excluding carboxylic acids is 1. The Kier molecular flexibility index (Phi) is 9.69. The molecule has 0 radical (unpaired) electrons. The number of aromatic nitrogens is 3. The molecule has 1 aliphatic heterocycles. The number of hydrogen-bond acceptors (Lipinski definition) is 8. The van der Waals surface area contributed by atoms with Gasteiger partial charge in [0.1, 0.15) is 23.4 Å². The zero-order valence-electron chi connectivity index (χ0n) is 24.9. The van der Waals surface area contributed by atoms with E-state index in [4.69, 9.17) is 4.74 Å². The van der Waals surface area contributed by atoms with Crippen LogP contribution in [0.15, 0.2) is 30.7 Å². The zero-order valence-corrected chi connectivity index (χ0v) is 24.9. The third-order valence-corrected chi connectivity index (χ3v) is 7.13. The highest BCUT2D eigenvalue weighted by Gasteiger charge is 2.20. The lowest BCUT2D eigenvalue weighted by Crippen LogP contribution is -2.35. The molecule has 4 rings (SSSR count). The quantitative estimate of drug-likeness (QED) is 0.278. The maximum atomic E-state index is 12.2. The molecule has 3 N–H and O–H groups in total. The molecule has 0 atom stereocenters. The van der Waals surface area contributed by atoms with Gasteiger partial charge >= 0.3 is 12.1 Å². The molecule has 0 saturated carbocycles. The van der Waals surface area contributed by atoms with Crippen LogP contribution in [-0.2, 0) is 22.5 Å². The number of fused-ring (bicyclic) bond motifs is 1. The van der Waals surface area contributed by atoms with Gasteiger partial charge in [-0.3, -0.25) is 4.79 Å². The van der Waals surface area contributed by atoms with E-state index >= 15 is 0 Å². The lowest BCUT2D eigenvalue weighted by Gasteiger charge is -2.25. The fourth-order valence-electron chi connectivity index (χ4n) is 5.13. The Morgan fingerprint density at radius 2 is 1.88 bits per heavy atom. The number of hydrogen-bond donors (Lipinski definition) is 3. The second-order valence-electron chi connectivity index (χ2n) is 11.8. The molecular weight excluding hydrogens is 522 g/mol. The summed E-state index contributed by atoms with van der Waals surface area (Å²) in [6.45, 7) is 9.65. The summed E-state index contributed by atoms with van der Waals surface area (Å²) in [6.07, 6.45) is 6.85. The van der Waals surface area contributed by atoms with Gasteiger partial charge in [0.05, 0.1) is 5.39 Å². The van der Waals surface area contributed by atoms with Gasteiger partial charge in [0, 0.05) is 57.2 Å². The summed E-state index contributed by atoms with van der Waals surface area (Å²) in [4.78, 5) is 42.0. The van der Waals surface area contributed by atoms with Gasteiger partial charge in [0.2, 0.25) is 0 Å². The summed E-state index contributed by atoms with van der Waals surface area (Å²) in [7, 11) is 3.81. The topological polar surface area (TPSA) is 127 Å². The smallest absolute Gasteiger partial charge is 0.410 e. The molecule has 1 aliphatic rings. The molecule has 3 heterocycles. The van der Waals surface area contributed by atoms with Gasteiger partial charge < -0.3 is 34.8 Å². The molecule has 2 aromatic heterocycles. The Balaban J connectivity index is 1.44. The van der Waals surface area contributed by atoms with Crippen molar-refractivity contribution in [3.63, 3.8) is 0 Å². The lowest BCUT2D eigenvalue weighted by molar-refractivity contribution is -0.136. The van der Waals surface area contributed by atoms with Crippen molar-refractivity contribution in [2.75, 3.05) is 50.5 Å². The highest BCUT2D eigenvalue weighted by atomic mass is 16.6. The summed E-state index contributed by atoms with van der Waals surface area (Å²) in [5, 5.41) is 13.7. The van der Waals surface area contributed by atoms with Gasteiger partial charge in [-0.15, -0.1) is 0 Å². The number of ether oxygens (including phenoxy) is 1. The molecule has 1 saturated heterocycles. The number of carboxylic acids is 1. The van der Waals surface area contributed by atoms with E-state index in [-0.39, 0.29) is 12.5 Å². The highest BCUT2D eigenvalue weighted by Crippen LogP contribution is 2.32. The van der Waals surface area contributed by atoms with E-state index in [9.17, 15) is 14.7 Å². The number of nitrogens with one attached hydrogen (secondary N) is 2. The minimum atomic E-state index is -0.800. The molecule has 11 nitrogen and oxygen atoms in total. The van der Waals surface area contributed by atoms with E-state index in [1.807, 2.05) is 39.1 Å². The summed E-state index contributed by atoms with van der Waals surface area (Å²) in [5.41, 5.74) is 4.29. The predicted molar refractivity (Wildman–Crippen MR) is 161 cm³/mol. The minimum absolute atomic E-state index is 0.0872. The summed E-state index contributed by atoms with van der Waals surface area (Å²) in [6, 6.07) is 6.17. The second-order valence-corrected chi connectivity index (χ2v) is 11.8. The maximum Gasteiger partial charge on any atom is 0.410 e. The average molecular weight is 566 g/mol. The van der Waals surface area contributed by atoms with Crippen molar-refractivity contribution in [2.24, 2.45) is 0 Å². The fourth-order valence-corrected chi connectivity index (χ4v) is 5.13. The molecule has 0 bridgehead atoms. The Morgan fingerprint density at radius 1 is 1.12 bits per heavy atom. The average Bonchev–Trinajstić information content (AvgIpc) is 3.58. The molecular formula is C30H43N7O4. The van der Waals surface area contributed by atoms with Crippen molar-refractivity contribution in [2.45, 2.75) is 65.0 Å². The van der Waals surface area contributed by atoms with Crippen LogP contribution < -0.4 is 10.2 Å². The summed E-state index contributed by atoms with van der Waals surface area (Å²) >= 11 is 0. The Hall–Kier alpha value is -3.86. The standard InChI is InChI=1S/C30H43N7O4/c1-30(2,3)41-29(40)36(5)14-8-13-35(4)19-22-18-31-27-26(22)28(33-20-32-27)34-23-10-11-24(37-15-6-7-16-37)21(17-23)9-12-25(38)39/h10-11,17-18,20H,6-9,12-16,19H2,1-5H3,(H,38,39)(H2,31,32,33,34). The van der Waals surface area contributed by atoms with Crippen LogP contribution in [-0.4, -0.2) is 87.8 Å². The first-order chi connectivity index (χ1) is 19.5. The van der Waals surface area contributed by atoms with E-state index in [0.29, 0.717) is 25.3 Å². The van der Waals surface area contributed by atoms with Gasteiger partial charge in [-0.05, 0) is 89.4 Å². The van der Waals surface area contributed by atoms with Gasteiger partial charge in [-0.2, -0.15) is 0 Å². The molecule has 0 spiro atoms. The van der Waals surface area contributed by atoms with Crippen LogP contribution >= 0.6 is 0 Å². The first-order valence-electron chi connectivity index (χ1n) is 14.3. The SMILES string of the molecule is CN(CCCN(C)C(=O)OC(C)(C)C)Cc1c[nH]c2ncnc(Nc3ccc(N4CCCC4)c(CCC(=O)O)c3)c12. The number of carbonyl (C=O) groups is 2. The Morgan fingerprint density at radius 3 is 2.59 bits per heavy atom. The molecule has 0 unspecified atom stereocenters. The summed E-state index contributed by atoms with van der Waals surface area (Å²) < 4.78 is 5.44. The highest BCUT2D eigenvalue weighted by molar-refractivity contribution is 5.92. The molecule has 1 fully saturated rings. The first-order valence-corrected chi connectivity index (χ1v) is 14.3. The predicted octanol–water partition coefficient (Wildman–Crippen LogP) is 5.01. The third-order valence-electron chi connectivity index (χ3n) is 7.13. The van der Waals surface area contributed by atoms with E-state index < -0.39 is 11.6 Å². The van der Waals surface area contributed by atoms with Crippen LogP contribution in [0.2, 0.25) is 0 Å². The third kappa shape index (κ3) is 8.32. The molecule has 1 aromatic carbocycles. The number of nitrogens with zero attached hydrogens (tertiary/aromatic N) is 5. The van der Waals surface area contributed by atoms with E-state index in [1.54, 1.807) is 11.9 Å². The largest absolute Gasteiger partial charge is 0.481 e. The van der Waals surface area contributed by atoms with Crippen LogP contribution in [0.1, 0.15) is 57.6 Å². The number of aliphatic carboxylic acids is 1. The number of rotatable bonds is 12. The van der Waals surface area contributed by atoms with Crippen LogP contribution in [0.25, 0.3) is 11.0 Å². The Bertz CT molecular complexity index is 1340. The van der Waals surface area contributed by atoms with Crippen molar-refractivity contribution in [3.05, 3.63) is 41.9 Å². The number of anilines is 3. The number of benzene rings is 1. The number of H-pyrrole nitrogens is 1. The molecule has 3 aromatic rings. The van der Waals surface area contributed by atoms with Crippen LogP contribution in [0.4, 0.5) is 22.0 Å². The number of aryl methyl sites for hydroxylation is 1. The number of aromatic amines is 1. The van der Waals surface area contributed by atoms with E-state index in [2.05, 4.69) is 43.2 Å². The van der Waals surface area contributed by atoms with E-state index in [1.165, 1.54) is 6.33 Å². The van der Waals surface area contributed by atoms with Crippen LogP contribution in [0.5, 0.6) is 0 Å². The molecule has 0 aliphatic carbocycles. The monoisotopic (exact) mass is 565 g/mol. The van der Waals surface area contributed by atoms with Crippen LogP contribution in [0, 0.1) is 0 Å². The normalized spacial score (nSPS) is 13.7. The Labute approximate surface area is 241 Å². The fraction of sp³-hybridized carbons (Fsp3) is 0.533. The number of amides is 1. The minimum Gasteiger partial charge on any atom is -0.481 e. The van der Waals surface area contributed by atoms with Gasteiger partial charge in [-0.25, -0.2) is 14.8 Å². The van der Waals surface area contributed by atoms with Gasteiger partial charge in [0.15, 0.2) is 0 Å². The zero-order chi connectivity index (χ0) is 29.6. The lowest BCUT2D eigenvalue weighted by atomic mass is 10.1. The molecule has 41 heavy (non-hydrogen) atoms. The van der Waals surface area contributed by atoms with Gasteiger partial charge in [0.25, 0.3) is 0 Å². The van der Waals surface area contributed by atoms with Crippen molar-refractivity contribution < 1.29 is 19.4 Å². The van der Waals surface area contributed by atoms with Crippen molar-refractivity contribution in [1.29, 1.82) is 0 Å². The van der Waals surface area contributed by atoms with Crippen molar-refractivity contribution in [3.8, 4) is 0 Å².